The normalized spacial score (nSPS) is 21.2. The molecule has 0 fully saturated rings. The average molecular weight is 380 g/mol. The molecule has 1 aromatic carbocycles. The zero-order chi connectivity index (χ0) is 16.8. The average Bonchev–Trinajstić information content (AvgIpc) is 3.03. The van der Waals surface area contributed by atoms with Gasteiger partial charge in [-0.1, -0.05) is 28.4 Å². The van der Waals surface area contributed by atoms with Crippen LogP contribution in [0.3, 0.4) is 0 Å². The Morgan fingerprint density at radius 3 is 2.35 bits per heavy atom. The molecule has 0 N–H and O–H groups in total. The zero-order valence-electron chi connectivity index (χ0n) is 11.7. The largest absolute Gasteiger partial charge is 0.435 e. The van der Waals surface area contributed by atoms with Crippen LogP contribution in [-0.4, -0.2) is 11.9 Å². The molecule has 1 unspecified atom stereocenters. The van der Waals surface area contributed by atoms with Gasteiger partial charge >= 0.3 is 6.18 Å². The highest BCUT2D eigenvalue weighted by molar-refractivity contribution is 7.12. The lowest BCUT2D eigenvalue weighted by Gasteiger charge is -2.29. The van der Waals surface area contributed by atoms with Gasteiger partial charge < -0.3 is 4.84 Å². The van der Waals surface area contributed by atoms with Gasteiger partial charge in [0.25, 0.3) is 5.60 Å². The molecule has 8 heteroatoms. The molecular weight excluding hydrogens is 370 g/mol. The second-order valence-corrected chi connectivity index (χ2v) is 7.06. The molecule has 0 aliphatic carbocycles. The highest BCUT2D eigenvalue weighted by Gasteiger charge is 2.62. The molecule has 0 saturated heterocycles. The second-order valence-electron chi connectivity index (χ2n) is 5.28. The van der Waals surface area contributed by atoms with Gasteiger partial charge in [-0.3, -0.25) is 0 Å². The van der Waals surface area contributed by atoms with Crippen molar-refractivity contribution in [3.63, 3.8) is 0 Å². The van der Waals surface area contributed by atoms with Crippen LogP contribution < -0.4 is 0 Å². The predicted molar refractivity (Wildman–Crippen MR) is 85.5 cm³/mol. The minimum absolute atomic E-state index is 0.111. The Morgan fingerprint density at radius 1 is 1.17 bits per heavy atom. The predicted octanol–water partition coefficient (Wildman–Crippen LogP) is 5.95. The van der Waals surface area contributed by atoms with E-state index in [0.29, 0.717) is 4.88 Å². The van der Waals surface area contributed by atoms with E-state index in [9.17, 15) is 13.2 Å². The number of hydrogen-bond acceptors (Lipinski definition) is 3. The summed E-state index contributed by atoms with van der Waals surface area (Å²) < 4.78 is 41.3. The summed E-state index contributed by atoms with van der Waals surface area (Å²) in [6, 6.07) is 5.57. The van der Waals surface area contributed by atoms with Crippen LogP contribution in [0.15, 0.2) is 34.8 Å². The Balaban J connectivity index is 2.04. The van der Waals surface area contributed by atoms with Crippen LogP contribution in [0.1, 0.15) is 22.4 Å². The summed E-state index contributed by atoms with van der Waals surface area (Å²) in [5, 5.41) is 5.77. The molecule has 3 rings (SSSR count). The van der Waals surface area contributed by atoms with Crippen LogP contribution in [0.5, 0.6) is 0 Å². The van der Waals surface area contributed by atoms with Crippen LogP contribution in [0, 0.1) is 6.92 Å². The molecule has 2 heterocycles. The first-order chi connectivity index (χ1) is 10.7. The van der Waals surface area contributed by atoms with Gasteiger partial charge in [-0.15, -0.1) is 11.3 Å². The maximum absolute atomic E-state index is 13.8. The maximum Gasteiger partial charge on any atom is 0.435 e. The summed E-state index contributed by atoms with van der Waals surface area (Å²) >= 11 is 13.0. The van der Waals surface area contributed by atoms with E-state index < -0.39 is 18.2 Å². The molecule has 0 radical (unpaired) electrons. The summed E-state index contributed by atoms with van der Waals surface area (Å²) in [7, 11) is 0. The van der Waals surface area contributed by atoms with E-state index in [1.807, 2.05) is 12.3 Å². The fourth-order valence-corrected chi connectivity index (χ4v) is 3.81. The highest BCUT2D eigenvalue weighted by atomic mass is 35.5. The van der Waals surface area contributed by atoms with Crippen LogP contribution in [0.2, 0.25) is 10.0 Å². The van der Waals surface area contributed by atoms with Crippen LogP contribution >= 0.6 is 34.5 Å². The number of benzene rings is 1. The summed E-state index contributed by atoms with van der Waals surface area (Å²) in [5.74, 6) is 0. The first-order valence-corrected chi connectivity index (χ1v) is 8.19. The molecule has 0 bridgehead atoms. The van der Waals surface area contributed by atoms with Crippen molar-refractivity contribution in [3.05, 3.63) is 55.7 Å². The molecule has 1 atom stereocenters. The number of thiophene rings is 1. The van der Waals surface area contributed by atoms with E-state index >= 15 is 0 Å². The number of nitrogens with zero attached hydrogens (tertiary/aromatic N) is 1. The van der Waals surface area contributed by atoms with Gasteiger partial charge in [0.2, 0.25) is 0 Å². The SMILES string of the molecule is Cc1csc(C2=NOC(c3cc(Cl)cc(Cl)c3)(C(F)(F)F)C2)c1. The Labute approximate surface area is 144 Å². The van der Waals surface area contributed by atoms with E-state index in [1.165, 1.54) is 29.5 Å². The number of halogens is 5. The van der Waals surface area contributed by atoms with E-state index in [4.69, 9.17) is 28.0 Å². The number of rotatable bonds is 2. The van der Waals surface area contributed by atoms with Gasteiger partial charge in [-0.2, -0.15) is 13.2 Å². The van der Waals surface area contributed by atoms with Gasteiger partial charge in [-0.25, -0.2) is 0 Å². The monoisotopic (exact) mass is 379 g/mol. The quantitative estimate of drug-likeness (QED) is 0.631. The molecule has 23 heavy (non-hydrogen) atoms. The first-order valence-electron chi connectivity index (χ1n) is 6.55. The minimum atomic E-state index is -4.67. The molecule has 122 valence electrons. The Bertz CT molecular complexity index is 767. The number of oxime groups is 1. The lowest BCUT2D eigenvalue weighted by atomic mass is 9.88. The van der Waals surface area contributed by atoms with E-state index in [-0.39, 0.29) is 21.3 Å². The van der Waals surface area contributed by atoms with Gasteiger partial charge in [-0.05, 0) is 42.1 Å². The number of alkyl halides is 3. The molecule has 2 aromatic rings. The Hall–Kier alpha value is -1.24. The molecule has 0 saturated carbocycles. The van der Waals surface area contributed by atoms with Gasteiger partial charge in [0, 0.05) is 15.6 Å². The van der Waals surface area contributed by atoms with Gasteiger partial charge in [0.15, 0.2) is 0 Å². The maximum atomic E-state index is 13.8. The minimum Gasteiger partial charge on any atom is -0.374 e. The highest BCUT2D eigenvalue weighted by Crippen LogP contribution is 2.50. The van der Waals surface area contributed by atoms with Crippen molar-refractivity contribution >= 4 is 40.3 Å². The third kappa shape index (κ3) is 2.95. The lowest BCUT2D eigenvalue weighted by Crippen LogP contribution is -2.42. The zero-order valence-corrected chi connectivity index (χ0v) is 14.1. The number of hydrogen-bond donors (Lipinski definition) is 0. The van der Waals surface area contributed by atoms with Crippen molar-refractivity contribution in [3.8, 4) is 0 Å². The molecule has 1 aliphatic rings. The number of aryl methyl sites for hydroxylation is 1. The van der Waals surface area contributed by atoms with Crippen LogP contribution in [0.25, 0.3) is 0 Å². The van der Waals surface area contributed by atoms with Gasteiger partial charge in [0.05, 0.1) is 11.3 Å². The van der Waals surface area contributed by atoms with E-state index in [2.05, 4.69) is 5.16 Å². The molecule has 0 amide bonds. The summed E-state index contributed by atoms with van der Waals surface area (Å²) in [4.78, 5) is 5.58. The fourth-order valence-electron chi connectivity index (χ4n) is 2.41. The van der Waals surface area contributed by atoms with Crippen LogP contribution in [-0.2, 0) is 10.4 Å². The summed E-state index contributed by atoms with van der Waals surface area (Å²) in [6.07, 6.45) is -5.09. The topological polar surface area (TPSA) is 21.6 Å². The second kappa shape index (κ2) is 5.69. The molecule has 1 aromatic heterocycles. The van der Waals surface area contributed by atoms with Gasteiger partial charge in [0.1, 0.15) is 5.71 Å². The van der Waals surface area contributed by atoms with E-state index in [1.54, 1.807) is 6.07 Å². The van der Waals surface area contributed by atoms with Crippen molar-refractivity contribution in [2.45, 2.75) is 25.1 Å². The summed E-state index contributed by atoms with van der Waals surface area (Å²) in [6.45, 7) is 1.87. The lowest BCUT2D eigenvalue weighted by molar-refractivity contribution is -0.275. The van der Waals surface area contributed by atoms with Crippen molar-refractivity contribution in [2.75, 3.05) is 0 Å². The Morgan fingerprint density at radius 2 is 1.83 bits per heavy atom. The van der Waals surface area contributed by atoms with Crippen molar-refractivity contribution in [1.29, 1.82) is 0 Å². The van der Waals surface area contributed by atoms with Crippen molar-refractivity contribution in [2.24, 2.45) is 5.16 Å². The molecule has 1 aliphatic heterocycles. The van der Waals surface area contributed by atoms with Crippen LogP contribution in [0.4, 0.5) is 13.2 Å². The first kappa shape index (κ1) is 16.6. The van der Waals surface area contributed by atoms with Crippen molar-refractivity contribution < 1.29 is 18.0 Å². The molecule has 2 nitrogen and oxygen atoms in total. The molecular formula is C15H10Cl2F3NOS. The third-order valence-electron chi connectivity index (χ3n) is 3.53. The third-order valence-corrected chi connectivity index (χ3v) is 5.06. The van der Waals surface area contributed by atoms with Crippen molar-refractivity contribution in [1.82, 2.24) is 0 Å². The van der Waals surface area contributed by atoms with E-state index in [0.717, 1.165) is 5.56 Å². The smallest absolute Gasteiger partial charge is 0.374 e. The summed E-state index contributed by atoms with van der Waals surface area (Å²) in [5.41, 5.74) is -1.51. The molecule has 0 spiro atoms. The fraction of sp³-hybridized carbons (Fsp3) is 0.267. The standard InChI is InChI=1S/C15H10Cl2F3NOS/c1-8-2-13(23-7-8)12-6-14(22-21-12,15(18,19)20)9-3-10(16)5-11(17)4-9/h2-5,7H,6H2,1H3. The Kier molecular flexibility index (Phi) is 4.11.